The van der Waals surface area contributed by atoms with Crippen LogP contribution in [0.1, 0.15) is 11.4 Å². The zero-order chi connectivity index (χ0) is 21.5. The molecular weight excluding hydrogens is 457 g/mol. The standard InChI is InChI=1S/C20H17BrFN5O3/c1-29-16-5-3-2-4-15(16)24-20-26-17(25-19(23)27-20)11-30-18(28)9-6-12-10-13(21)7-8-14(12)22/h2-10H,11H2,1H3,(H3,23,24,25,26,27)/b9-6+. The molecule has 0 aliphatic carbocycles. The normalized spacial score (nSPS) is 10.8. The average Bonchev–Trinajstić information content (AvgIpc) is 2.73. The number of aromatic nitrogens is 3. The number of ether oxygens (including phenoxy) is 2. The fourth-order valence-corrected chi connectivity index (χ4v) is 2.79. The number of hydrogen-bond donors (Lipinski definition) is 2. The van der Waals surface area contributed by atoms with Crippen molar-refractivity contribution in [1.82, 2.24) is 15.0 Å². The predicted molar refractivity (Wildman–Crippen MR) is 113 cm³/mol. The molecule has 3 N–H and O–H groups in total. The number of anilines is 3. The molecule has 0 spiro atoms. The molecule has 0 unspecified atom stereocenters. The molecule has 0 saturated heterocycles. The van der Waals surface area contributed by atoms with Crippen LogP contribution in [0.5, 0.6) is 5.75 Å². The third kappa shape index (κ3) is 5.74. The molecule has 1 aromatic heterocycles. The molecule has 0 amide bonds. The van der Waals surface area contributed by atoms with Gasteiger partial charge in [-0.05, 0) is 36.4 Å². The van der Waals surface area contributed by atoms with Crippen molar-refractivity contribution in [3.63, 3.8) is 0 Å². The Hall–Kier alpha value is -3.53. The van der Waals surface area contributed by atoms with Crippen LogP contribution in [0, 0.1) is 5.82 Å². The summed E-state index contributed by atoms with van der Waals surface area (Å²) in [5, 5.41) is 2.98. The maximum Gasteiger partial charge on any atom is 0.331 e. The van der Waals surface area contributed by atoms with Gasteiger partial charge in [0.1, 0.15) is 11.6 Å². The molecule has 0 bridgehead atoms. The Morgan fingerprint density at radius 2 is 2.03 bits per heavy atom. The SMILES string of the molecule is COc1ccccc1Nc1nc(N)nc(COC(=O)/C=C/c2cc(Br)ccc2F)n1. The summed E-state index contributed by atoms with van der Waals surface area (Å²) in [5.41, 5.74) is 6.60. The van der Waals surface area contributed by atoms with Crippen molar-refractivity contribution in [3.8, 4) is 5.75 Å². The predicted octanol–water partition coefficient (Wildman–Crippen LogP) is 3.86. The highest BCUT2D eigenvalue weighted by Gasteiger charge is 2.09. The number of esters is 1. The van der Waals surface area contributed by atoms with Crippen molar-refractivity contribution in [1.29, 1.82) is 0 Å². The summed E-state index contributed by atoms with van der Waals surface area (Å²) in [5.74, 6) is -0.276. The Kier molecular flexibility index (Phi) is 6.91. The number of nitrogens with zero attached hydrogens (tertiary/aromatic N) is 3. The zero-order valence-corrected chi connectivity index (χ0v) is 17.4. The Labute approximate surface area is 180 Å². The van der Waals surface area contributed by atoms with Crippen LogP contribution in [0.25, 0.3) is 6.08 Å². The smallest absolute Gasteiger partial charge is 0.331 e. The maximum atomic E-state index is 13.7. The lowest BCUT2D eigenvalue weighted by Crippen LogP contribution is -2.10. The number of methoxy groups -OCH3 is 1. The van der Waals surface area contributed by atoms with Gasteiger partial charge in [-0.25, -0.2) is 9.18 Å². The first-order chi connectivity index (χ1) is 14.4. The molecule has 0 aliphatic rings. The van der Waals surface area contributed by atoms with Crippen LogP contribution in [-0.4, -0.2) is 28.0 Å². The summed E-state index contributed by atoms with van der Waals surface area (Å²) >= 11 is 3.25. The minimum Gasteiger partial charge on any atom is -0.495 e. The van der Waals surface area contributed by atoms with Gasteiger partial charge in [0, 0.05) is 16.1 Å². The lowest BCUT2D eigenvalue weighted by Gasteiger charge is -2.10. The number of nitrogens with two attached hydrogens (primary N) is 1. The Balaban J connectivity index is 1.66. The number of benzene rings is 2. The molecule has 154 valence electrons. The average molecular weight is 474 g/mol. The van der Waals surface area contributed by atoms with Gasteiger partial charge < -0.3 is 20.5 Å². The molecule has 2 aromatic carbocycles. The number of carbonyl (C=O) groups excluding carboxylic acids is 1. The van der Waals surface area contributed by atoms with Crippen molar-refractivity contribution in [2.24, 2.45) is 0 Å². The van der Waals surface area contributed by atoms with E-state index in [-0.39, 0.29) is 29.9 Å². The summed E-state index contributed by atoms with van der Waals surface area (Å²) in [7, 11) is 1.54. The van der Waals surface area contributed by atoms with E-state index < -0.39 is 11.8 Å². The van der Waals surface area contributed by atoms with E-state index in [1.165, 1.54) is 12.1 Å². The highest BCUT2D eigenvalue weighted by atomic mass is 79.9. The van der Waals surface area contributed by atoms with Crippen LogP contribution < -0.4 is 15.8 Å². The van der Waals surface area contributed by atoms with Crippen molar-refractivity contribution < 1.29 is 18.7 Å². The first-order valence-electron chi connectivity index (χ1n) is 8.65. The van der Waals surface area contributed by atoms with Gasteiger partial charge in [0.05, 0.1) is 12.8 Å². The summed E-state index contributed by atoms with van der Waals surface area (Å²) < 4.78 is 24.8. The van der Waals surface area contributed by atoms with Gasteiger partial charge in [-0.2, -0.15) is 15.0 Å². The number of nitrogens with one attached hydrogen (secondary N) is 1. The van der Waals surface area contributed by atoms with Crippen molar-refractivity contribution >= 4 is 45.6 Å². The summed E-state index contributed by atoms with van der Waals surface area (Å²) in [6.45, 7) is -0.239. The second-order valence-electron chi connectivity index (χ2n) is 5.87. The van der Waals surface area contributed by atoms with Crippen molar-refractivity contribution in [2.75, 3.05) is 18.2 Å². The van der Waals surface area contributed by atoms with Crippen LogP contribution in [0.2, 0.25) is 0 Å². The van der Waals surface area contributed by atoms with Crippen LogP contribution >= 0.6 is 15.9 Å². The first kappa shape index (κ1) is 21.2. The van der Waals surface area contributed by atoms with Gasteiger partial charge in [-0.3, -0.25) is 0 Å². The van der Waals surface area contributed by atoms with E-state index in [2.05, 4.69) is 36.2 Å². The van der Waals surface area contributed by atoms with Gasteiger partial charge in [-0.15, -0.1) is 0 Å². The van der Waals surface area contributed by atoms with Gasteiger partial charge in [-0.1, -0.05) is 28.1 Å². The number of rotatable bonds is 7. The van der Waals surface area contributed by atoms with E-state index >= 15 is 0 Å². The third-order valence-corrected chi connectivity index (χ3v) is 4.25. The van der Waals surface area contributed by atoms with Crippen molar-refractivity contribution in [3.05, 3.63) is 70.2 Å². The minimum atomic E-state index is -0.687. The molecule has 10 heteroatoms. The topological polar surface area (TPSA) is 112 Å². The third-order valence-electron chi connectivity index (χ3n) is 3.75. The number of para-hydroxylation sites is 2. The van der Waals surface area contributed by atoms with E-state index in [0.717, 1.165) is 6.08 Å². The van der Waals surface area contributed by atoms with Gasteiger partial charge in [0.15, 0.2) is 12.4 Å². The molecule has 1 heterocycles. The molecule has 0 aliphatic heterocycles. The Bertz CT molecular complexity index is 1090. The fraction of sp³-hybridized carbons (Fsp3) is 0.100. The fourth-order valence-electron chi connectivity index (χ4n) is 2.41. The monoisotopic (exact) mass is 473 g/mol. The number of nitrogen functional groups attached to an aromatic ring is 1. The van der Waals surface area contributed by atoms with E-state index in [4.69, 9.17) is 15.2 Å². The summed E-state index contributed by atoms with van der Waals surface area (Å²) in [4.78, 5) is 24.1. The highest BCUT2D eigenvalue weighted by Crippen LogP contribution is 2.25. The van der Waals surface area contributed by atoms with Crippen LogP contribution in [0.15, 0.2) is 53.0 Å². The molecule has 0 radical (unpaired) electrons. The van der Waals surface area contributed by atoms with Gasteiger partial charge in [0.2, 0.25) is 11.9 Å². The van der Waals surface area contributed by atoms with Crippen LogP contribution in [-0.2, 0) is 16.1 Å². The second kappa shape index (κ2) is 9.79. The van der Waals surface area contributed by atoms with E-state index in [1.807, 2.05) is 12.1 Å². The molecule has 0 atom stereocenters. The summed E-state index contributed by atoms with van der Waals surface area (Å²) in [6, 6.07) is 11.6. The van der Waals surface area contributed by atoms with Gasteiger partial charge >= 0.3 is 5.97 Å². The van der Waals surface area contributed by atoms with Crippen LogP contribution in [0.3, 0.4) is 0 Å². The number of hydrogen-bond acceptors (Lipinski definition) is 8. The molecule has 0 fully saturated rings. The van der Waals surface area contributed by atoms with Gasteiger partial charge in [0.25, 0.3) is 0 Å². The molecule has 30 heavy (non-hydrogen) atoms. The number of halogens is 2. The van der Waals surface area contributed by atoms with E-state index in [9.17, 15) is 9.18 Å². The number of carbonyl (C=O) groups is 1. The lowest BCUT2D eigenvalue weighted by atomic mass is 10.2. The molecular formula is C20H17BrFN5O3. The Morgan fingerprint density at radius 3 is 2.83 bits per heavy atom. The highest BCUT2D eigenvalue weighted by molar-refractivity contribution is 9.10. The molecule has 3 aromatic rings. The maximum absolute atomic E-state index is 13.7. The first-order valence-corrected chi connectivity index (χ1v) is 9.44. The van der Waals surface area contributed by atoms with E-state index in [1.54, 1.807) is 31.4 Å². The zero-order valence-electron chi connectivity index (χ0n) is 15.8. The Morgan fingerprint density at radius 1 is 1.23 bits per heavy atom. The quantitative estimate of drug-likeness (QED) is 0.392. The second-order valence-corrected chi connectivity index (χ2v) is 6.78. The van der Waals surface area contributed by atoms with Crippen molar-refractivity contribution in [2.45, 2.75) is 6.61 Å². The molecule has 8 nitrogen and oxygen atoms in total. The molecule has 0 saturated carbocycles. The largest absolute Gasteiger partial charge is 0.495 e. The minimum absolute atomic E-state index is 0.0415. The molecule has 3 rings (SSSR count). The summed E-state index contributed by atoms with van der Waals surface area (Å²) in [6.07, 6.45) is 2.43. The lowest BCUT2D eigenvalue weighted by molar-refractivity contribution is -0.139. The van der Waals surface area contributed by atoms with Crippen LogP contribution in [0.4, 0.5) is 22.0 Å². The van der Waals surface area contributed by atoms with E-state index in [0.29, 0.717) is 15.9 Å².